The van der Waals surface area contributed by atoms with E-state index in [1.54, 1.807) is 26.1 Å². The van der Waals surface area contributed by atoms with Crippen molar-refractivity contribution in [2.24, 2.45) is 5.41 Å². The van der Waals surface area contributed by atoms with Crippen LogP contribution in [-0.4, -0.2) is 52.6 Å². The number of rotatable bonds is 18. The van der Waals surface area contributed by atoms with Crippen LogP contribution in [0, 0.1) is 30.9 Å². The number of carbonyl (C=O) groups is 2. The van der Waals surface area contributed by atoms with Gasteiger partial charge in [0, 0.05) is 37.1 Å². The highest BCUT2D eigenvalue weighted by Gasteiger charge is 2.51. The van der Waals surface area contributed by atoms with Gasteiger partial charge in [-0.05, 0) is 130 Å². The zero-order chi connectivity index (χ0) is 40.1. The molecule has 2 aromatic carbocycles. The standard InChI is InChI=1S/C42H49F5N4O4/c1-6-9-10-11-13-28-19-31(43)18-26(4)37(28)30-20-32(38(44)33(21-30)42(45,46)47)34(22-36(52)55-8-3)49-39(53)35(12-7-2)51-23-29(27(5)48-40(51)54)14-17-50-24-41(25-50)15-16-41/h6-7,18-21,23,34-35H,1-2,8-17,22,24-25H2,3-5H3,(H,49,53)/t34-,35-/m0/s1. The van der Waals surface area contributed by atoms with Crippen LogP contribution in [0.1, 0.15) is 97.5 Å². The Kier molecular flexibility index (Phi) is 13.2. The zero-order valence-electron chi connectivity index (χ0n) is 31.7. The first-order valence-electron chi connectivity index (χ1n) is 18.8. The lowest BCUT2D eigenvalue weighted by Gasteiger charge is -2.40. The van der Waals surface area contributed by atoms with E-state index in [1.807, 2.05) is 0 Å². The van der Waals surface area contributed by atoms with Crippen molar-refractivity contribution in [1.82, 2.24) is 19.8 Å². The van der Waals surface area contributed by atoms with E-state index in [0.717, 1.165) is 35.8 Å². The van der Waals surface area contributed by atoms with Gasteiger partial charge in [-0.15, -0.1) is 13.2 Å². The molecular weight excluding hydrogens is 719 g/mol. The smallest absolute Gasteiger partial charge is 0.419 e. The molecule has 13 heteroatoms. The van der Waals surface area contributed by atoms with Crippen LogP contribution in [0.2, 0.25) is 0 Å². The van der Waals surface area contributed by atoms with Gasteiger partial charge in [0.05, 0.1) is 24.6 Å². The molecule has 3 aromatic rings. The summed E-state index contributed by atoms with van der Waals surface area (Å²) in [6.45, 7) is 14.9. The molecule has 1 aliphatic heterocycles. The highest BCUT2D eigenvalue weighted by molar-refractivity contribution is 5.82. The Labute approximate surface area is 318 Å². The summed E-state index contributed by atoms with van der Waals surface area (Å²) in [5, 5.41) is 2.58. The van der Waals surface area contributed by atoms with Crippen LogP contribution in [0.4, 0.5) is 22.0 Å². The second kappa shape index (κ2) is 17.4. The number of nitrogens with one attached hydrogen (secondary N) is 1. The van der Waals surface area contributed by atoms with E-state index in [-0.39, 0.29) is 24.2 Å². The average Bonchev–Trinajstić information content (AvgIpc) is 3.89. The third-order valence-corrected chi connectivity index (χ3v) is 10.6. The zero-order valence-corrected chi connectivity index (χ0v) is 31.7. The van der Waals surface area contributed by atoms with Crippen LogP contribution in [0.3, 0.4) is 0 Å². The number of aromatic nitrogens is 2. The molecule has 1 spiro atoms. The molecule has 1 aromatic heterocycles. The number of halogens is 5. The van der Waals surface area contributed by atoms with E-state index in [1.165, 1.54) is 38.0 Å². The third-order valence-electron chi connectivity index (χ3n) is 10.6. The summed E-state index contributed by atoms with van der Waals surface area (Å²) in [5.74, 6) is -4.03. The van der Waals surface area contributed by atoms with Crippen LogP contribution in [0.25, 0.3) is 11.1 Å². The van der Waals surface area contributed by atoms with Gasteiger partial charge in [0.25, 0.3) is 0 Å². The van der Waals surface area contributed by atoms with Gasteiger partial charge in [0.15, 0.2) is 0 Å². The fraction of sp³-hybridized carbons (Fsp3) is 0.476. The molecule has 0 radical (unpaired) electrons. The lowest BCUT2D eigenvalue weighted by atomic mass is 9.88. The molecule has 2 aliphatic rings. The summed E-state index contributed by atoms with van der Waals surface area (Å²) >= 11 is 0. The monoisotopic (exact) mass is 768 g/mol. The average molecular weight is 769 g/mol. The van der Waals surface area contributed by atoms with Crippen LogP contribution in [0.5, 0.6) is 0 Å². The van der Waals surface area contributed by atoms with E-state index in [4.69, 9.17) is 4.74 Å². The van der Waals surface area contributed by atoms with E-state index >= 15 is 4.39 Å². The molecule has 8 nitrogen and oxygen atoms in total. The maximum atomic E-state index is 16.2. The molecule has 1 saturated carbocycles. The number of hydrogen-bond acceptors (Lipinski definition) is 6. The van der Waals surface area contributed by atoms with Gasteiger partial charge >= 0.3 is 17.8 Å². The number of aryl methyl sites for hydroxylation is 3. The van der Waals surface area contributed by atoms with Crippen molar-refractivity contribution in [2.45, 2.75) is 96.8 Å². The second-order valence-electron chi connectivity index (χ2n) is 14.8. The molecule has 296 valence electrons. The SMILES string of the molecule is C=CCCCCc1cc(F)cc(C)c1-c1cc([C@H](CC(=O)OCC)NC(=O)[C@H](CC=C)n2cc(CCN3CC4(CC4)C3)c(C)nc2=O)c(F)c(C(F)(F)F)c1. The van der Waals surface area contributed by atoms with Crippen LogP contribution in [0.15, 0.2) is 60.6 Å². The number of nitrogens with zero attached hydrogens (tertiary/aromatic N) is 3. The van der Waals surface area contributed by atoms with Crippen LogP contribution in [-0.2, 0) is 33.3 Å². The predicted octanol–water partition coefficient (Wildman–Crippen LogP) is 8.29. The number of ether oxygens (including phenoxy) is 1. The maximum Gasteiger partial charge on any atom is 0.419 e. The van der Waals surface area contributed by atoms with Gasteiger partial charge in [-0.1, -0.05) is 12.2 Å². The number of alkyl halides is 3. The van der Waals surface area contributed by atoms with Crippen molar-refractivity contribution in [1.29, 1.82) is 0 Å². The van der Waals surface area contributed by atoms with Gasteiger partial charge in [0.1, 0.15) is 17.7 Å². The number of amides is 1. The van der Waals surface area contributed by atoms with E-state index < -0.39 is 65.0 Å². The van der Waals surface area contributed by atoms with Gasteiger partial charge in [-0.2, -0.15) is 18.2 Å². The molecule has 0 unspecified atom stereocenters. The highest BCUT2D eigenvalue weighted by Crippen LogP contribution is 2.52. The Bertz CT molecular complexity index is 1980. The van der Waals surface area contributed by atoms with Gasteiger partial charge < -0.3 is 15.0 Å². The molecule has 1 aliphatic carbocycles. The van der Waals surface area contributed by atoms with Crippen molar-refractivity contribution >= 4 is 11.9 Å². The maximum absolute atomic E-state index is 16.2. The molecule has 55 heavy (non-hydrogen) atoms. The summed E-state index contributed by atoms with van der Waals surface area (Å²) in [7, 11) is 0. The summed E-state index contributed by atoms with van der Waals surface area (Å²) in [5.41, 5.74) is -0.293. The normalized spacial score (nSPS) is 15.9. The Hall–Kier alpha value is -4.65. The van der Waals surface area contributed by atoms with Gasteiger partial charge in [0.2, 0.25) is 5.91 Å². The van der Waals surface area contributed by atoms with E-state index in [0.29, 0.717) is 60.4 Å². The Morgan fingerprint density at radius 1 is 1.04 bits per heavy atom. The quantitative estimate of drug-likeness (QED) is 0.0606. The summed E-state index contributed by atoms with van der Waals surface area (Å²) in [4.78, 5) is 46.9. The van der Waals surface area contributed by atoms with Crippen molar-refractivity contribution < 1.29 is 36.3 Å². The van der Waals surface area contributed by atoms with Crippen molar-refractivity contribution in [3.05, 3.63) is 111 Å². The van der Waals surface area contributed by atoms with Crippen molar-refractivity contribution in [3.63, 3.8) is 0 Å². The second-order valence-corrected chi connectivity index (χ2v) is 14.8. The largest absolute Gasteiger partial charge is 0.466 e. The van der Waals surface area contributed by atoms with E-state index in [9.17, 15) is 31.9 Å². The van der Waals surface area contributed by atoms with Gasteiger partial charge in [-0.25, -0.2) is 13.6 Å². The van der Waals surface area contributed by atoms with E-state index in [2.05, 4.69) is 28.4 Å². The number of allylic oxidation sites excluding steroid dienone is 2. The fourth-order valence-corrected chi connectivity index (χ4v) is 7.57. The van der Waals surface area contributed by atoms with Crippen LogP contribution >= 0.6 is 0 Å². The van der Waals surface area contributed by atoms with Crippen LogP contribution < -0.4 is 11.0 Å². The minimum atomic E-state index is -5.18. The first-order chi connectivity index (χ1) is 26.1. The number of hydrogen-bond donors (Lipinski definition) is 1. The molecular formula is C42H49F5N4O4. The number of esters is 1. The topological polar surface area (TPSA) is 93.5 Å². The Morgan fingerprint density at radius 2 is 1.76 bits per heavy atom. The number of carbonyl (C=O) groups excluding carboxylic acids is 2. The first-order valence-corrected chi connectivity index (χ1v) is 18.8. The highest BCUT2D eigenvalue weighted by atomic mass is 19.4. The Morgan fingerprint density at radius 3 is 2.40 bits per heavy atom. The molecule has 2 atom stereocenters. The van der Waals surface area contributed by atoms with Gasteiger partial charge in [-0.3, -0.25) is 14.2 Å². The summed E-state index contributed by atoms with van der Waals surface area (Å²) in [6, 6.07) is 1.32. The first kappa shape index (κ1) is 41.5. The number of benzene rings is 2. The molecule has 2 fully saturated rings. The minimum absolute atomic E-state index is 0.0656. The molecule has 1 amide bonds. The summed E-state index contributed by atoms with van der Waals surface area (Å²) in [6.07, 6.45) is 4.06. The number of likely N-dealkylation sites (tertiary alicyclic amines) is 1. The van der Waals surface area contributed by atoms with Crippen molar-refractivity contribution in [2.75, 3.05) is 26.2 Å². The minimum Gasteiger partial charge on any atom is -0.466 e. The molecule has 1 saturated heterocycles. The number of unbranched alkanes of at least 4 members (excludes halogenated alkanes) is 2. The lowest BCUT2D eigenvalue weighted by Crippen LogP contribution is -2.49. The third kappa shape index (κ3) is 9.97. The summed E-state index contributed by atoms with van der Waals surface area (Å²) < 4.78 is 80.9. The molecule has 1 N–H and O–H groups in total. The van der Waals surface area contributed by atoms with Crippen molar-refractivity contribution in [3.8, 4) is 11.1 Å². The molecule has 5 rings (SSSR count). The Balaban J connectivity index is 1.55. The molecule has 0 bridgehead atoms. The predicted molar refractivity (Wildman–Crippen MR) is 200 cm³/mol. The molecule has 2 heterocycles. The fourth-order valence-electron chi connectivity index (χ4n) is 7.57. The lowest BCUT2D eigenvalue weighted by molar-refractivity contribution is -0.144.